The lowest BCUT2D eigenvalue weighted by molar-refractivity contribution is -0.124. The molecule has 1 aromatic heterocycles. The Hall–Kier alpha value is -4.47. The first-order valence-corrected chi connectivity index (χ1v) is 12.2. The van der Waals surface area contributed by atoms with Crippen molar-refractivity contribution in [1.29, 1.82) is 0 Å². The minimum absolute atomic E-state index is 0.0271. The number of aromatic nitrogens is 2. The fraction of sp³-hybridized carbons (Fsp3) is 0.296. The van der Waals surface area contributed by atoms with Gasteiger partial charge in [0.25, 0.3) is 5.91 Å². The van der Waals surface area contributed by atoms with Crippen molar-refractivity contribution < 1.29 is 23.9 Å². The molecule has 37 heavy (non-hydrogen) atoms. The molecule has 1 aliphatic carbocycles. The number of hydrogen-bond acceptors (Lipinski definition) is 7. The zero-order chi connectivity index (χ0) is 25.7. The Labute approximate surface area is 214 Å². The van der Waals surface area contributed by atoms with Gasteiger partial charge in [-0.05, 0) is 61.6 Å². The van der Waals surface area contributed by atoms with Gasteiger partial charge < -0.3 is 25.0 Å². The van der Waals surface area contributed by atoms with Crippen LogP contribution in [0.3, 0.4) is 0 Å². The van der Waals surface area contributed by atoms with Gasteiger partial charge in [-0.3, -0.25) is 9.59 Å². The molecule has 3 amide bonds. The molecule has 0 atom stereocenters. The average Bonchev–Trinajstić information content (AvgIpc) is 3.48. The maximum absolute atomic E-state index is 12.7. The van der Waals surface area contributed by atoms with Gasteiger partial charge in [0.05, 0.1) is 12.4 Å². The highest BCUT2D eigenvalue weighted by molar-refractivity contribution is 5.95. The molecule has 2 aliphatic rings. The van der Waals surface area contributed by atoms with Crippen LogP contribution in [0.4, 0.5) is 4.79 Å². The van der Waals surface area contributed by atoms with Crippen molar-refractivity contribution in [3.05, 3.63) is 78.4 Å². The fourth-order valence-corrected chi connectivity index (χ4v) is 4.16. The molecule has 1 saturated heterocycles. The second kappa shape index (κ2) is 10.7. The summed E-state index contributed by atoms with van der Waals surface area (Å²) < 4.78 is 11.1. The molecule has 10 heteroatoms. The highest BCUT2D eigenvalue weighted by atomic mass is 16.6. The number of carbonyl (C=O) groups is 3. The van der Waals surface area contributed by atoms with Gasteiger partial charge in [0, 0.05) is 25.2 Å². The molecule has 0 radical (unpaired) electrons. The lowest BCUT2D eigenvalue weighted by Crippen LogP contribution is -2.49. The fourth-order valence-electron chi connectivity index (χ4n) is 4.16. The van der Waals surface area contributed by atoms with Crippen LogP contribution in [0.15, 0.2) is 67.3 Å². The van der Waals surface area contributed by atoms with Gasteiger partial charge >= 0.3 is 6.09 Å². The van der Waals surface area contributed by atoms with E-state index in [1.807, 2.05) is 29.2 Å². The molecule has 5 rings (SSSR count). The largest absolute Gasteiger partial charge is 0.457 e. The predicted molar refractivity (Wildman–Crippen MR) is 133 cm³/mol. The van der Waals surface area contributed by atoms with Crippen molar-refractivity contribution in [2.45, 2.75) is 37.8 Å². The molecule has 2 aromatic carbocycles. The molecule has 0 bridgehead atoms. The molecule has 10 nitrogen and oxygen atoms in total. The second-order valence-corrected chi connectivity index (χ2v) is 9.13. The second-order valence-electron chi connectivity index (χ2n) is 9.13. The number of nitrogens with one attached hydrogen (secondary N) is 2. The monoisotopic (exact) mass is 501 g/mol. The van der Waals surface area contributed by atoms with E-state index in [0.29, 0.717) is 36.4 Å². The molecule has 1 aliphatic heterocycles. The number of carbonyl (C=O) groups excluding carboxylic acids is 3. The standard InChI is InChI=1S/C27H27N5O5/c33-24(32-12-1-2-13-32)20-4-3-5-22(14-20)36-21-8-6-19(7-9-21)15-30-25(34)27(10-11-27)31-26(35)37-23-16-28-18-29-17-23/h3-9,14,16-18H,1-2,10-13,15H2,(H,30,34)(H,31,35). The summed E-state index contributed by atoms with van der Waals surface area (Å²) in [6.07, 6.45) is 6.49. The van der Waals surface area contributed by atoms with E-state index in [1.54, 1.807) is 24.3 Å². The van der Waals surface area contributed by atoms with Crippen molar-refractivity contribution in [1.82, 2.24) is 25.5 Å². The number of benzene rings is 2. The number of nitrogens with zero attached hydrogens (tertiary/aromatic N) is 3. The summed E-state index contributed by atoms with van der Waals surface area (Å²) in [6, 6.07) is 14.5. The van der Waals surface area contributed by atoms with Crippen LogP contribution in [0.2, 0.25) is 0 Å². The molecule has 0 unspecified atom stereocenters. The van der Waals surface area contributed by atoms with Gasteiger partial charge in [0.2, 0.25) is 5.91 Å². The maximum Gasteiger partial charge on any atom is 0.413 e. The number of amides is 3. The summed E-state index contributed by atoms with van der Waals surface area (Å²) >= 11 is 0. The van der Waals surface area contributed by atoms with Crippen molar-refractivity contribution in [2.24, 2.45) is 0 Å². The third-order valence-electron chi connectivity index (χ3n) is 6.36. The molecule has 3 aromatic rings. The van der Waals surface area contributed by atoms with Crippen LogP contribution in [0.1, 0.15) is 41.6 Å². The molecule has 190 valence electrons. The third-order valence-corrected chi connectivity index (χ3v) is 6.36. The van der Waals surface area contributed by atoms with Crippen molar-refractivity contribution in [3.63, 3.8) is 0 Å². The summed E-state index contributed by atoms with van der Waals surface area (Å²) in [5.74, 6) is 1.16. The highest BCUT2D eigenvalue weighted by Crippen LogP contribution is 2.36. The van der Waals surface area contributed by atoms with E-state index >= 15 is 0 Å². The summed E-state index contributed by atoms with van der Waals surface area (Å²) in [6.45, 7) is 1.89. The zero-order valence-corrected chi connectivity index (χ0v) is 20.2. The summed E-state index contributed by atoms with van der Waals surface area (Å²) in [5.41, 5.74) is 0.522. The van der Waals surface area contributed by atoms with E-state index in [4.69, 9.17) is 9.47 Å². The topological polar surface area (TPSA) is 123 Å². The lowest BCUT2D eigenvalue weighted by atomic mass is 10.2. The minimum Gasteiger partial charge on any atom is -0.457 e. The van der Waals surface area contributed by atoms with Crippen LogP contribution in [0.5, 0.6) is 17.2 Å². The first-order chi connectivity index (χ1) is 18.0. The van der Waals surface area contributed by atoms with Crippen LogP contribution < -0.4 is 20.1 Å². The smallest absolute Gasteiger partial charge is 0.413 e. The van der Waals surface area contributed by atoms with Crippen molar-refractivity contribution in [3.8, 4) is 17.2 Å². The number of likely N-dealkylation sites (tertiary alicyclic amines) is 1. The molecule has 2 heterocycles. The first-order valence-electron chi connectivity index (χ1n) is 12.2. The van der Waals surface area contributed by atoms with E-state index in [0.717, 1.165) is 31.5 Å². The van der Waals surface area contributed by atoms with E-state index in [-0.39, 0.29) is 17.6 Å². The first kappa shape index (κ1) is 24.2. The molecule has 1 saturated carbocycles. The van der Waals surface area contributed by atoms with E-state index < -0.39 is 11.6 Å². The van der Waals surface area contributed by atoms with E-state index in [1.165, 1.54) is 18.7 Å². The predicted octanol–water partition coefficient (Wildman–Crippen LogP) is 3.44. The van der Waals surface area contributed by atoms with Crippen LogP contribution in [0, 0.1) is 0 Å². The van der Waals surface area contributed by atoms with Gasteiger partial charge in [0.15, 0.2) is 5.75 Å². The van der Waals surface area contributed by atoms with Crippen LogP contribution in [0.25, 0.3) is 0 Å². The Morgan fingerprint density at radius 3 is 2.35 bits per heavy atom. The Morgan fingerprint density at radius 1 is 0.919 bits per heavy atom. The molecule has 0 spiro atoms. The molecular weight excluding hydrogens is 474 g/mol. The quantitative estimate of drug-likeness (QED) is 0.485. The Balaban J connectivity index is 1.12. The third kappa shape index (κ3) is 6.03. The van der Waals surface area contributed by atoms with Crippen LogP contribution >= 0.6 is 0 Å². The van der Waals surface area contributed by atoms with Gasteiger partial charge in [0.1, 0.15) is 23.4 Å². The minimum atomic E-state index is -0.965. The highest BCUT2D eigenvalue weighted by Gasteiger charge is 2.51. The van der Waals surface area contributed by atoms with Gasteiger partial charge in [-0.25, -0.2) is 14.8 Å². The van der Waals surface area contributed by atoms with Gasteiger partial charge in [-0.15, -0.1) is 0 Å². The van der Waals surface area contributed by atoms with Gasteiger partial charge in [-0.1, -0.05) is 18.2 Å². The van der Waals surface area contributed by atoms with Crippen molar-refractivity contribution >= 4 is 17.9 Å². The van der Waals surface area contributed by atoms with Gasteiger partial charge in [-0.2, -0.15) is 0 Å². The van der Waals surface area contributed by atoms with Crippen LogP contribution in [-0.2, 0) is 11.3 Å². The van der Waals surface area contributed by atoms with Crippen molar-refractivity contribution in [2.75, 3.05) is 13.1 Å². The SMILES string of the molecule is O=C(NC1(C(=O)NCc2ccc(Oc3cccc(C(=O)N4CCCC4)c3)cc2)CC1)Oc1cncnc1. The Kier molecular flexibility index (Phi) is 6.98. The number of hydrogen-bond donors (Lipinski definition) is 2. The average molecular weight is 502 g/mol. The summed E-state index contributed by atoms with van der Waals surface area (Å²) in [5, 5.41) is 5.51. The molecule has 2 fully saturated rings. The van der Waals surface area contributed by atoms with Crippen LogP contribution in [-0.4, -0.2) is 51.4 Å². The zero-order valence-electron chi connectivity index (χ0n) is 20.2. The van der Waals surface area contributed by atoms with E-state index in [2.05, 4.69) is 20.6 Å². The number of ether oxygens (including phenoxy) is 2. The molecule has 2 N–H and O–H groups in total. The maximum atomic E-state index is 12.7. The normalized spacial score (nSPS) is 15.5. The number of rotatable bonds is 8. The summed E-state index contributed by atoms with van der Waals surface area (Å²) in [4.78, 5) is 46.9. The van der Waals surface area contributed by atoms with E-state index in [9.17, 15) is 14.4 Å². The Morgan fingerprint density at radius 2 is 1.65 bits per heavy atom. The lowest BCUT2D eigenvalue weighted by Gasteiger charge is -2.17. The summed E-state index contributed by atoms with van der Waals surface area (Å²) in [7, 11) is 0. The Bertz CT molecular complexity index is 1270. The molecular formula is C27H27N5O5.